The zero-order valence-corrected chi connectivity index (χ0v) is 13.1. The third-order valence-electron chi connectivity index (χ3n) is 3.36. The van der Waals surface area contributed by atoms with Gasteiger partial charge in [0, 0.05) is 13.2 Å². The molecule has 0 aliphatic carbocycles. The topological polar surface area (TPSA) is 75.7 Å². The monoisotopic (exact) mass is 330 g/mol. The van der Waals surface area contributed by atoms with E-state index in [-0.39, 0.29) is 11.8 Å². The number of ether oxygens (including phenoxy) is 1. The average molecular weight is 330 g/mol. The van der Waals surface area contributed by atoms with Crippen molar-refractivity contribution in [3.8, 4) is 0 Å². The lowest BCUT2D eigenvalue weighted by molar-refractivity contribution is -0.120. The number of benzene rings is 1. The molecule has 0 radical (unpaired) electrons. The summed E-state index contributed by atoms with van der Waals surface area (Å²) in [6.45, 7) is 0.533. The third-order valence-corrected chi connectivity index (χ3v) is 4.49. The highest BCUT2D eigenvalue weighted by Crippen LogP contribution is 2.21. The van der Waals surface area contributed by atoms with E-state index in [1.54, 1.807) is 0 Å². The summed E-state index contributed by atoms with van der Waals surface area (Å²) in [4.78, 5) is 11.9. The van der Waals surface area contributed by atoms with Gasteiger partial charge in [0.25, 0.3) is 0 Å². The zero-order valence-electron chi connectivity index (χ0n) is 12.3. The lowest BCUT2D eigenvalue weighted by Gasteiger charge is -2.22. The number of carbonyl (C=O) groups is 1. The number of para-hydroxylation sites is 1. The standard InChI is InChI=1S/C14H19FN2O4S/c1-22(19,20)17(13-7-3-2-6-12(13)15)10-14(18)16-9-11-5-4-8-21-11/h2-3,6-7,11H,4-5,8-10H2,1H3,(H,16,18)/t11-/m0/s1. The average Bonchev–Trinajstić information content (AvgIpc) is 2.95. The zero-order chi connectivity index (χ0) is 16.2. The highest BCUT2D eigenvalue weighted by Gasteiger charge is 2.24. The number of carbonyl (C=O) groups excluding carboxylic acids is 1. The summed E-state index contributed by atoms with van der Waals surface area (Å²) < 4.78 is 43.6. The molecule has 22 heavy (non-hydrogen) atoms. The lowest BCUT2D eigenvalue weighted by atomic mass is 10.2. The molecule has 8 heteroatoms. The maximum Gasteiger partial charge on any atom is 0.240 e. The largest absolute Gasteiger partial charge is 0.376 e. The molecule has 1 heterocycles. The summed E-state index contributed by atoms with van der Waals surface area (Å²) in [5, 5.41) is 2.62. The SMILES string of the molecule is CS(=O)(=O)N(CC(=O)NC[C@@H]1CCCO1)c1ccccc1F. The van der Waals surface area contributed by atoms with Crippen LogP contribution in [-0.2, 0) is 19.6 Å². The Labute approximate surface area is 129 Å². The van der Waals surface area contributed by atoms with E-state index in [2.05, 4.69) is 5.32 Å². The number of anilines is 1. The van der Waals surface area contributed by atoms with E-state index >= 15 is 0 Å². The number of halogens is 1. The molecule has 0 aromatic heterocycles. The van der Waals surface area contributed by atoms with Crippen molar-refractivity contribution >= 4 is 21.6 Å². The second kappa shape index (κ2) is 7.06. The Morgan fingerprint density at radius 3 is 2.77 bits per heavy atom. The van der Waals surface area contributed by atoms with Gasteiger partial charge in [-0.1, -0.05) is 12.1 Å². The second-order valence-corrected chi connectivity index (χ2v) is 7.07. The van der Waals surface area contributed by atoms with Gasteiger partial charge >= 0.3 is 0 Å². The van der Waals surface area contributed by atoms with Gasteiger partial charge < -0.3 is 10.1 Å². The summed E-state index contributed by atoms with van der Waals surface area (Å²) in [6.07, 6.45) is 2.71. The van der Waals surface area contributed by atoms with Gasteiger partial charge in [0.05, 0.1) is 18.0 Å². The fraction of sp³-hybridized carbons (Fsp3) is 0.500. The van der Waals surface area contributed by atoms with Crippen molar-refractivity contribution < 1.29 is 22.3 Å². The van der Waals surface area contributed by atoms with Crippen LogP contribution >= 0.6 is 0 Å². The fourth-order valence-corrected chi connectivity index (χ4v) is 3.11. The first-order valence-electron chi connectivity index (χ1n) is 6.98. The van der Waals surface area contributed by atoms with Crippen LogP contribution in [0.25, 0.3) is 0 Å². The Balaban J connectivity index is 2.04. The van der Waals surface area contributed by atoms with Crippen molar-refractivity contribution in [3.63, 3.8) is 0 Å². The molecule has 0 unspecified atom stereocenters. The summed E-state index contributed by atoms with van der Waals surface area (Å²) >= 11 is 0. The van der Waals surface area contributed by atoms with Crippen LogP contribution in [0.2, 0.25) is 0 Å². The van der Waals surface area contributed by atoms with Gasteiger partial charge in [-0.05, 0) is 25.0 Å². The highest BCUT2D eigenvalue weighted by molar-refractivity contribution is 7.92. The van der Waals surface area contributed by atoms with Gasteiger partial charge in [0.1, 0.15) is 12.4 Å². The predicted octanol–water partition coefficient (Wildman–Crippen LogP) is 0.887. The Morgan fingerprint density at radius 2 is 2.18 bits per heavy atom. The first-order valence-corrected chi connectivity index (χ1v) is 8.83. The first kappa shape index (κ1) is 16.7. The molecule has 1 aliphatic rings. The Morgan fingerprint density at radius 1 is 1.45 bits per heavy atom. The number of amides is 1. The number of rotatable bonds is 6. The van der Waals surface area contributed by atoms with E-state index < -0.39 is 28.3 Å². The number of hydrogen-bond donors (Lipinski definition) is 1. The molecule has 122 valence electrons. The van der Waals surface area contributed by atoms with E-state index in [0.29, 0.717) is 13.2 Å². The van der Waals surface area contributed by atoms with Gasteiger partial charge in [-0.15, -0.1) is 0 Å². The molecule has 0 spiro atoms. The van der Waals surface area contributed by atoms with Crippen molar-refractivity contribution in [1.82, 2.24) is 5.32 Å². The number of nitrogens with one attached hydrogen (secondary N) is 1. The Kier molecular flexibility index (Phi) is 5.36. The van der Waals surface area contributed by atoms with E-state index in [0.717, 1.165) is 29.5 Å². The van der Waals surface area contributed by atoms with Crippen molar-refractivity contribution in [2.45, 2.75) is 18.9 Å². The summed E-state index contributed by atoms with van der Waals surface area (Å²) in [6, 6.07) is 5.44. The van der Waals surface area contributed by atoms with Gasteiger partial charge in [0.2, 0.25) is 15.9 Å². The molecule has 1 aromatic rings. The van der Waals surface area contributed by atoms with Crippen LogP contribution in [0.4, 0.5) is 10.1 Å². The fourth-order valence-electron chi connectivity index (χ4n) is 2.25. The minimum absolute atomic E-state index is 0.0379. The van der Waals surface area contributed by atoms with E-state index in [1.165, 1.54) is 18.2 Å². The van der Waals surface area contributed by atoms with Crippen LogP contribution in [0.3, 0.4) is 0 Å². The van der Waals surface area contributed by atoms with E-state index in [1.807, 2.05) is 0 Å². The molecule has 1 atom stereocenters. The highest BCUT2D eigenvalue weighted by atomic mass is 32.2. The maximum absolute atomic E-state index is 13.8. The molecular formula is C14H19FN2O4S. The molecular weight excluding hydrogens is 311 g/mol. The minimum atomic E-state index is -3.77. The normalized spacial score (nSPS) is 18.2. The van der Waals surface area contributed by atoms with Gasteiger partial charge in [0.15, 0.2) is 0 Å². The van der Waals surface area contributed by atoms with Crippen molar-refractivity contribution in [2.24, 2.45) is 0 Å². The Bertz CT molecular complexity index is 629. The van der Waals surface area contributed by atoms with Gasteiger partial charge in [-0.3, -0.25) is 9.10 Å². The number of nitrogens with zero attached hydrogens (tertiary/aromatic N) is 1. The third kappa shape index (κ3) is 4.41. The quantitative estimate of drug-likeness (QED) is 0.840. The molecule has 2 rings (SSSR count). The van der Waals surface area contributed by atoms with Crippen LogP contribution in [0.1, 0.15) is 12.8 Å². The van der Waals surface area contributed by atoms with Crippen molar-refractivity contribution in [1.29, 1.82) is 0 Å². The lowest BCUT2D eigenvalue weighted by Crippen LogP contribution is -2.42. The molecule has 1 fully saturated rings. The maximum atomic E-state index is 13.8. The molecule has 1 aliphatic heterocycles. The molecule has 6 nitrogen and oxygen atoms in total. The van der Waals surface area contributed by atoms with Crippen LogP contribution < -0.4 is 9.62 Å². The molecule has 1 amide bonds. The van der Waals surface area contributed by atoms with Crippen molar-refractivity contribution in [3.05, 3.63) is 30.1 Å². The summed E-state index contributed by atoms with van der Waals surface area (Å²) in [5.41, 5.74) is -0.141. The first-order chi connectivity index (χ1) is 10.4. The predicted molar refractivity (Wildman–Crippen MR) is 80.6 cm³/mol. The second-order valence-electron chi connectivity index (χ2n) is 5.16. The van der Waals surface area contributed by atoms with Crippen LogP contribution in [0, 0.1) is 5.82 Å². The summed E-state index contributed by atoms with van der Waals surface area (Å²) in [7, 11) is -3.77. The van der Waals surface area contributed by atoms with Crippen LogP contribution in [0.5, 0.6) is 0 Å². The molecule has 1 saturated heterocycles. The number of hydrogen-bond acceptors (Lipinski definition) is 4. The molecule has 1 N–H and O–H groups in total. The minimum Gasteiger partial charge on any atom is -0.376 e. The van der Waals surface area contributed by atoms with E-state index in [4.69, 9.17) is 4.74 Å². The smallest absolute Gasteiger partial charge is 0.240 e. The molecule has 0 saturated carbocycles. The van der Waals surface area contributed by atoms with E-state index in [9.17, 15) is 17.6 Å². The summed E-state index contributed by atoms with van der Waals surface area (Å²) in [5.74, 6) is -1.19. The van der Waals surface area contributed by atoms with Crippen LogP contribution in [-0.4, -0.2) is 46.4 Å². The van der Waals surface area contributed by atoms with Crippen LogP contribution in [0.15, 0.2) is 24.3 Å². The van der Waals surface area contributed by atoms with Crippen molar-refractivity contribution in [2.75, 3.05) is 30.3 Å². The molecule has 1 aromatic carbocycles. The Hall–Kier alpha value is -1.67. The van der Waals surface area contributed by atoms with Gasteiger partial charge in [-0.25, -0.2) is 12.8 Å². The van der Waals surface area contributed by atoms with Gasteiger partial charge in [-0.2, -0.15) is 0 Å². The molecule has 0 bridgehead atoms. The number of sulfonamides is 1.